The lowest BCUT2D eigenvalue weighted by Gasteiger charge is -2.35. The van der Waals surface area contributed by atoms with Gasteiger partial charge in [-0.05, 0) is 59.5 Å². The molecular formula is C46H43N5O4. The highest BCUT2D eigenvalue weighted by Crippen LogP contribution is 2.42. The number of carbonyl (C=O) groups is 2. The van der Waals surface area contributed by atoms with Crippen LogP contribution in [0.25, 0.3) is 43.8 Å². The van der Waals surface area contributed by atoms with Gasteiger partial charge in [0, 0.05) is 74.3 Å². The SMILES string of the molecule is CCCC1(C)Nc2cccc3cc/c(=C4/C(=O)C(c5ccc6cc/c(=C7/C(=O)C(c8ccc(N(C)C)cc8)=C7[O-])c7c6c5NC(C)(CCC)[NH+]=7)=C4[O-])c(c23)=[NH+]1. The molecule has 0 bridgehead atoms. The van der Waals surface area contributed by atoms with Gasteiger partial charge in [-0.2, -0.15) is 0 Å². The maximum absolute atomic E-state index is 14.4. The number of rotatable bonds is 7. The Balaban J connectivity index is 1.27. The minimum Gasteiger partial charge on any atom is -0.871 e. The van der Waals surface area contributed by atoms with Gasteiger partial charge in [-0.1, -0.05) is 73.9 Å². The number of anilines is 3. The quantitative estimate of drug-likeness (QED) is 0.190. The number of benzene rings is 5. The maximum Gasteiger partial charge on any atom is 0.231 e. The molecule has 2 aliphatic heterocycles. The molecule has 2 atom stereocenters. The highest BCUT2D eigenvalue weighted by Gasteiger charge is 2.40. The van der Waals surface area contributed by atoms with Crippen LogP contribution in [0.3, 0.4) is 0 Å². The Morgan fingerprint density at radius 3 is 1.76 bits per heavy atom. The second kappa shape index (κ2) is 12.1. The number of carbonyl (C=O) groups excluding carboxylic acids is 2. The highest BCUT2D eigenvalue weighted by atomic mass is 16.3. The molecule has 9 nitrogen and oxygen atoms in total. The molecular weight excluding hydrogens is 687 g/mol. The first kappa shape index (κ1) is 34.5. The molecule has 0 saturated heterocycles. The van der Waals surface area contributed by atoms with Crippen LogP contribution in [-0.2, 0) is 9.59 Å². The number of hydrogen-bond donors (Lipinski definition) is 4. The van der Waals surface area contributed by atoms with E-state index in [1.54, 1.807) is 0 Å². The fourth-order valence-electron chi connectivity index (χ4n) is 9.06. The van der Waals surface area contributed by atoms with E-state index in [1.165, 1.54) is 0 Å². The standard InChI is InChI=1S/C46H43N5O4/c1-7-22-45(3)47-31-11-9-10-24-14-19-28(38(48-45)32(24)31)36-43(54)37(44(36)55)30-21-16-25-15-20-29(39-33(25)40(30)50-46(4,49-39)23-8-2)35-41(52)34(42(35)53)26-12-17-27(18-13-26)51(5)6/h9-21,47,50,52,54H,7-8,22-23H2,1-6H3/b35-29-,36-28-. The van der Waals surface area contributed by atoms with Crippen molar-refractivity contribution in [1.82, 2.24) is 0 Å². The van der Waals surface area contributed by atoms with Crippen molar-refractivity contribution in [2.24, 2.45) is 0 Å². The van der Waals surface area contributed by atoms with Crippen LogP contribution in [0.5, 0.6) is 0 Å². The molecule has 55 heavy (non-hydrogen) atoms. The molecule has 0 spiro atoms. The van der Waals surface area contributed by atoms with Crippen LogP contribution in [0.2, 0.25) is 0 Å². The van der Waals surface area contributed by atoms with Crippen molar-refractivity contribution in [2.75, 3.05) is 29.6 Å². The van der Waals surface area contributed by atoms with E-state index in [0.29, 0.717) is 39.0 Å². The summed E-state index contributed by atoms with van der Waals surface area (Å²) in [6.45, 7) is 8.34. The van der Waals surface area contributed by atoms with Crippen LogP contribution in [0.15, 0.2) is 90.4 Å². The van der Waals surface area contributed by atoms with Gasteiger partial charge in [0.1, 0.15) is 0 Å². The lowest BCUT2D eigenvalue weighted by atomic mass is 9.79. The predicted octanol–water partition coefficient (Wildman–Crippen LogP) is 0.353. The third kappa shape index (κ3) is 5.05. The Morgan fingerprint density at radius 2 is 1.18 bits per heavy atom. The Bertz CT molecular complexity index is 2910. The lowest BCUT2D eigenvalue weighted by molar-refractivity contribution is -0.580. The van der Waals surface area contributed by atoms with E-state index >= 15 is 0 Å². The summed E-state index contributed by atoms with van der Waals surface area (Å²) in [5, 5.41) is 41.7. The van der Waals surface area contributed by atoms with Crippen molar-refractivity contribution in [1.29, 1.82) is 0 Å². The molecule has 2 unspecified atom stereocenters. The molecule has 2 aliphatic carbocycles. The van der Waals surface area contributed by atoms with Crippen LogP contribution in [0.4, 0.5) is 17.1 Å². The molecule has 0 amide bonds. The van der Waals surface area contributed by atoms with Gasteiger partial charge in [0.25, 0.3) is 0 Å². The normalized spacial score (nSPS) is 23.2. The van der Waals surface area contributed by atoms with Gasteiger partial charge in [0.15, 0.2) is 11.6 Å². The van der Waals surface area contributed by atoms with Crippen molar-refractivity contribution in [3.8, 4) is 0 Å². The van der Waals surface area contributed by atoms with Gasteiger partial charge in [-0.15, -0.1) is 0 Å². The summed E-state index contributed by atoms with van der Waals surface area (Å²) in [4.78, 5) is 37.6. The fraction of sp³-hybridized carbons (Fsp3) is 0.261. The van der Waals surface area contributed by atoms with Crippen molar-refractivity contribution in [2.45, 2.75) is 64.7 Å². The van der Waals surface area contributed by atoms with Gasteiger partial charge >= 0.3 is 0 Å². The molecule has 9 heteroatoms. The van der Waals surface area contributed by atoms with E-state index in [4.69, 9.17) is 0 Å². The summed E-state index contributed by atoms with van der Waals surface area (Å²) in [5.74, 6) is -1.21. The van der Waals surface area contributed by atoms with Crippen LogP contribution in [0.1, 0.15) is 64.5 Å². The Kier molecular flexibility index (Phi) is 7.63. The molecule has 4 N–H and O–H groups in total. The van der Waals surface area contributed by atoms with Gasteiger partial charge in [0.05, 0.1) is 32.6 Å². The van der Waals surface area contributed by atoms with E-state index in [-0.39, 0.29) is 45.4 Å². The van der Waals surface area contributed by atoms with Crippen molar-refractivity contribution in [3.05, 3.63) is 123 Å². The maximum atomic E-state index is 14.4. The largest absolute Gasteiger partial charge is 0.871 e. The number of nitrogens with zero attached hydrogens (tertiary/aromatic N) is 1. The fourth-order valence-corrected chi connectivity index (χ4v) is 9.06. The average Bonchev–Trinajstić information content (AvgIpc) is 3.15. The summed E-state index contributed by atoms with van der Waals surface area (Å²) in [6.07, 6.45) is 3.30. The highest BCUT2D eigenvalue weighted by molar-refractivity contribution is 6.52. The Labute approximate surface area is 318 Å². The number of hydrogen-bond acceptors (Lipinski definition) is 7. The molecule has 0 saturated carbocycles. The molecule has 5 aromatic rings. The van der Waals surface area contributed by atoms with Gasteiger partial charge in [-0.3, -0.25) is 9.59 Å². The number of Topliss-reactive ketones (excluding diaryl/α,β-unsaturated/α-hetero) is 2. The minimum absolute atomic E-state index is 0.127. The molecule has 2 heterocycles. The van der Waals surface area contributed by atoms with Gasteiger partial charge in [0.2, 0.25) is 22.0 Å². The second-order valence-electron chi connectivity index (χ2n) is 15.9. The average molecular weight is 730 g/mol. The van der Waals surface area contributed by atoms with Crippen molar-refractivity contribution in [3.63, 3.8) is 0 Å². The first-order chi connectivity index (χ1) is 26.4. The molecule has 4 aliphatic rings. The zero-order valence-corrected chi connectivity index (χ0v) is 31.9. The third-order valence-corrected chi connectivity index (χ3v) is 11.6. The number of allylic oxidation sites excluding steroid dienone is 4. The van der Waals surface area contributed by atoms with Crippen LogP contribution >= 0.6 is 0 Å². The zero-order chi connectivity index (χ0) is 38.6. The number of ketones is 2. The van der Waals surface area contributed by atoms with Gasteiger partial charge < -0.3 is 25.7 Å². The van der Waals surface area contributed by atoms with Crippen LogP contribution in [0, 0.1) is 0 Å². The topological polar surface area (TPSA) is 136 Å². The van der Waals surface area contributed by atoms with Crippen LogP contribution < -0.4 is 56.9 Å². The molecule has 0 aromatic heterocycles. The summed E-state index contributed by atoms with van der Waals surface area (Å²) in [7, 11) is 3.88. The van der Waals surface area contributed by atoms with E-state index in [9.17, 15) is 19.8 Å². The first-order valence-electron chi connectivity index (χ1n) is 19.1. The first-order valence-corrected chi connectivity index (χ1v) is 19.1. The van der Waals surface area contributed by atoms with E-state index < -0.39 is 11.3 Å². The second-order valence-corrected chi connectivity index (χ2v) is 15.9. The van der Waals surface area contributed by atoms with E-state index in [1.807, 2.05) is 105 Å². The minimum atomic E-state index is -0.700. The molecule has 0 fully saturated rings. The number of nitrogens with one attached hydrogen (secondary N) is 4. The monoisotopic (exact) mass is 729 g/mol. The van der Waals surface area contributed by atoms with E-state index in [0.717, 1.165) is 57.5 Å². The molecule has 0 radical (unpaired) electrons. The zero-order valence-electron chi connectivity index (χ0n) is 31.9. The lowest BCUT2D eigenvalue weighted by Crippen LogP contribution is -2.95. The molecule has 9 rings (SSSR count). The van der Waals surface area contributed by atoms with E-state index in [2.05, 4.69) is 41.4 Å². The van der Waals surface area contributed by atoms with Crippen molar-refractivity contribution >= 4 is 72.5 Å². The molecule has 276 valence electrons. The molecule has 5 aromatic carbocycles. The van der Waals surface area contributed by atoms with Crippen LogP contribution in [-0.4, -0.2) is 37.0 Å². The third-order valence-electron chi connectivity index (χ3n) is 11.6. The summed E-state index contributed by atoms with van der Waals surface area (Å²) < 4.78 is 0. The summed E-state index contributed by atoms with van der Waals surface area (Å²) in [5.41, 5.74) is 3.14. The summed E-state index contributed by atoms with van der Waals surface area (Å²) in [6, 6.07) is 24.8. The predicted molar refractivity (Wildman–Crippen MR) is 212 cm³/mol. The summed E-state index contributed by atoms with van der Waals surface area (Å²) >= 11 is 0. The Morgan fingerprint density at radius 1 is 0.636 bits per heavy atom. The Hall–Kier alpha value is -6.22. The smallest absolute Gasteiger partial charge is 0.231 e. The van der Waals surface area contributed by atoms with Crippen molar-refractivity contribution < 1.29 is 29.8 Å². The van der Waals surface area contributed by atoms with Gasteiger partial charge in [-0.25, -0.2) is 9.98 Å².